The zero-order valence-electron chi connectivity index (χ0n) is 5.93. The standard InChI is InChI=1S/C6H14OS/c1-5(8-4)6(2,3)7/h5,7H,1-4H3/t5-/m0/s1. The minimum Gasteiger partial charge on any atom is -0.389 e. The molecular weight excluding hydrogens is 120 g/mol. The second kappa shape index (κ2) is 2.74. The largest absolute Gasteiger partial charge is 0.389 e. The zero-order chi connectivity index (χ0) is 6.78. The fourth-order valence-electron chi connectivity index (χ4n) is 0.288. The highest BCUT2D eigenvalue weighted by molar-refractivity contribution is 7.99. The van der Waals surface area contributed by atoms with E-state index in [-0.39, 0.29) is 0 Å². The lowest BCUT2D eigenvalue weighted by atomic mass is 10.1. The molecule has 0 rings (SSSR count). The number of aliphatic hydroxyl groups is 1. The van der Waals surface area contributed by atoms with E-state index in [1.54, 1.807) is 11.8 Å². The van der Waals surface area contributed by atoms with Crippen molar-refractivity contribution < 1.29 is 5.11 Å². The van der Waals surface area contributed by atoms with Gasteiger partial charge >= 0.3 is 0 Å². The van der Waals surface area contributed by atoms with Gasteiger partial charge in [-0.05, 0) is 20.1 Å². The van der Waals surface area contributed by atoms with Crippen LogP contribution in [0.3, 0.4) is 0 Å². The second-order valence-corrected chi connectivity index (χ2v) is 3.71. The van der Waals surface area contributed by atoms with Gasteiger partial charge in [-0.15, -0.1) is 0 Å². The van der Waals surface area contributed by atoms with Crippen molar-refractivity contribution in [1.29, 1.82) is 0 Å². The van der Waals surface area contributed by atoms with Gasteiger partial charge in [-0.3, -0.25) is 0 Å². The van der Waals surface area contributed by atoms with E-state index in [1.165, 1.54) is 0 Å². The maximum Gasteiger partial charge on any atom is 0.0707 e. The van der Waals surface area contributed by atoms with Crippen LogP contribution in [0.4, 0.5) is 0 Å². The molecule has 0 aromatic carbocycles. The second-order valence-electron chi connectivity index (χ2n) is 2.53. The summed E-state index contributed by atoms with van der Waals surface area (Å²) in [5.41, 5.74) is -0.528. The first-order valence-corrected chi connectivity index (χ1v) is 4.02. The van der Waals surface area contributed by atoms with E-state index in [4.69, 9.17) is 0 Å². The van der Waals surface area contributed by atoms with E-state index in [2.05, 4.69) is 0 Å². The molecule has 0 unspecified atom stereocenters. The Bertz CT molecular complexity index is 65.4. The first kappa shape index (κ1) is 8.31. The average Bonchev–Trinajstić information content (AvgIpc) is 1.62. The van der Waals surface area contributed by atoms with Crippen LogP contribution in [0.15, 0.2) is 0 Å². The fourth-order valence-corrected chi connectivity index (χ4v) is 0.865. The molecular formula is C6H14OS. The number of rotatable bonds is 2. The predicted molar refractivity (Wildman–Crippen MR) is 39.3 cm³/mol. The van der Waals surface area contributed by atoms with Crippen LogP contribution in [-0.2, 0) is 0 Å². The Labute approximate surface area is 55.5 Å². The van der Waals surface area contributed by atoms with E-state index in [9.17, 15) is 5.11 Å². The molecule has 50 valence electrons. The molecule has 0 bridgehead atoms. The molecule has 0 aromatic rings. The van der Waals surface area contributed by atoms with Crippen LogP contribution in [0.25, 0.3) is 0 Å². The smallest absolute Gasteiger partial charge is 0.0707 e. The highest BCUT2D eigenvalue weighted by atomic mass is 32.2. The minimum absolute atomic E-state index is 0.322. The van der Waals surface area contributed by atoms with E-state index in [1.807, 2.05) is 27.0 Å². The number of hydrogen-bond acceptors (Lipinski definition) is 2. The summed E-state index contributed by atoms with van der Waals surface area (Å²) in [6, 6.07) is 0. The molecule has 0 radical (unpaired) electrons. The van der Waals surface area contributed by atoms with E-state index in [0.29, 0.717) is 5.25 Å². The summed E-state index contributed by atoms with van der Waals surface area (Å²) in [6.45, 7) is 5.67. The molecule has 0 saturated carbocycles. The van der Waals surface area contributed by atoms with Crippen LogP contribution >= 0.6 is 11.8 Å². The van der Waals surface area contributed by atoms with Gasteiger partial charge < -0.3 is 5.11 Å². The Kier molecular flexibility index (Phi) is 2.84. The quantitative estimate of drug-likeness (QED) is 0.617. The molecule has 8 heavy (non-hydrogen) atoms. The minimum atomic E-state index is -0.528. The van der Waals surface area contributed by atoms with Gasteiger partial charge in [0, 0.05) is 5.25 Å². The van der Waals surface area contributed by atoms with Crippen molar-refractivity contribution in [3.8, 4) is 0 Å². The molecule has 0 spiro atoms. The monoisotopic (exact) mass is 134 g/mol. The van der Waals surface area contributed by atoms with Crippen LogP contribution in [0, 0.1) is 0 Å². The summed E-state index contributed by atoms with van der Waals surface area (Å²) in [4.78, 5) is 0. The molecule has 0 aromatic heterocycles. The van der Waals surface area contributed by atoms with Gasteiger partial charge in [-0.25, -0.2) is 0 Å². The SMILES string of the molecule is CS[C@@H](C)C(C)(C)O. The van der Waals surface area contributed by atoms with Gasteiger partial charge in [0.05, 0.1) is 5.60 Å². The van der Waals surface area contributed by atoms with Crippen molar-refractivity contribution in [3.63, 3.8) is 0 Å². The molecule has 2 heteroatoms. The Hall–Kier alpha value is 0.310. The Balaban J connectivity index is 3.62. The third-order valence-corrected chi connectivity index (χ3v) is 2.63. The maximum absolute atomic E-state index is 9.27. The molecule has 1 N–H and O–H groups in total. The molecule has 0 fully saturated rings. The molecule has 0 aliphatic rings. The fraction of sp³-hybridized carbons (Fsp3) is 1.00. The molecule has 1 atom stereocenters. The molecule has 0 heterocycles. The number of thioether (sulfide) groups is 1. The van der Waals surface area contributed by atoms with Crippen molar-refractivity contribution in [3.05, 3.63) is 0 Å². The third-order valence-electron chi connectivity index (χ3n) is 1.35. The van der Waals surface area contributed by atoms with Gasteiger partial charge in [0.15, 0.2) is 0 Å². The van der Waals surface area contributed by atoms with Crippen LogP contribution in [-0.4, -0.2) is 22.2 Å². The topological polar surface area (TPSA) is 20.2 Å². The van der Waals surface area contributed by atoms with E-state index in [0.717, 1.165) is 0 Å². The predicted octanol–water partition coefficient (Wildman–Crippen LogP) is 1.51. The first-order chi connectivity index (χ1) is 3.48. The van der Waals surface area contributed by atoms with Crippen molar-refractivity contribution in [2.75, 3.05) is 6.26 Å². The Morgan fingerprint density at radius 3 is 1.88 bits per heavy atom. The Morgan fingerprint density at radius 1 is 1.50 bits per heavy atom. The van der Waals surface area contributed by atoms with Crippen molar-refractivity contribution in [1.82, 2.24) is 0 Å². The van der Waals surface area contributed by atoms with Gasteiger partial charge in [-0.1, -0.05) is 6.92 Å². The van der Waals surface area contributed by atoms with Crippen molar-refractivity contribution in [2.45, 2.75) is 31.6 Å². The highest BCUT2D eigenvalue weighted by Crippen LogP contribution is 2.19. The molecule has 0 amide bonds. The van der Waals surface area contributed by atoms with E-state index >= 15 is 0 Å². The van der Waals surface area contributed by atoms with Crippen LogP contribution < -0.4 is 0 Å². The lowest BCUT2D eigenvalue weighted by Gasteiger charge is -2.23. The average molecular weight is 134 g/mol. The molecule has 0 aliphatic heterocycles. The Morgan fingerprint density at radius 2 is 1.88 bits per heavy atom. The van der Waals surface area contributed by atoms with Crippen molar-refractivity contribution in [2.24, 2.45) is 0 Å². The summed E-state index contributed by atoms with van der Waals surface area (Å²) in [5, 5.41) is 9.59. The molecule has 1 nitrogen and oxygen atoms in total. The number of hydrogen-bond donors (Lipinski definition) is 1. The summed E-state index contributed by atoms with van der Waals surface area (Å²) < 4.78 is 0. The summed E-state index contributed by atoms with van der Waals surface area (Å²) in [5.74, 6) is 0. The van der Waals surface area contributed by atoms with Gasteiger partial charge in [0.1, 0.15) is 0 Å². The van der Waals surface area contributed by atoms with E-state index < -0.39 is 5.60 Å². The van der Waals surface area contributed by atoms with Crippen LogP contribution in [0.2, 0.25) is 0 Å². The van der Waals surface area contributed by atoms with Crippen LogP contribution in [0.5, 0.6) is 0 Å². The zero-order valence-corrected chi connectivity index (χ0v) is 6.75. The van der Waals surface area contributed by atoms with Crippen LogP contribution in [0.1, 0.15) is 20.8 Å². The van der Waals surface area contributed by atoms with Gasteiger partial charge in [0.25, 0.3) is 0 Å². The van der Waals surface area contributed by atoms with Crippen molar-refractivity contribution >= 4 is 11.8 Å². The molecule has 0 aliphatic carbocycles. The molecule has 0 saturated heterocycles. The highest BCUT2D eigenvalue weighted by Gasteiger charge is 2.20. The lowest BCUT2D eigenvalue weighted by Crippen LogP contribution is -2.30. The normalized spacial score (nSPS) is 16.1. The third kappa shape index (κ3) is 2.58. The first-order valence-electron chi connectivity index (χ1n) is 2.73. The summed E-state index contributed by atoms with van der Waals surface area (Å²) in [7, 11) is 0. The van der Waals surface area contributed by atoms with Gasteiger partial charge in [0.2, 0.25) is 0 Å². The summed E-state index contributed by atoms with van der Waals surface area (Å²) in [6.07, 6.45) is 2.00. The van der Waals surface area contributed by atoms with Gasteiger partial charge in [-0.2, -0.15) is 11.8 Å². The lowest BCUT2D eigenvalue weighted by molar-refractivity contribution is 0.0825. The maximum atomic E-state index is 9.27. The summed E-state index contributed by atoms with van der Waals surface area (Å²) >= 11 is 1.68.